The van der Waals surface area contributed by atoms with Crippen molar-refractivity contribution < 1.29 is 4.42 Å². The van der Waals surface area contributed by atoms with E-state index in [0.29, 0.717) is 5.89 Å². The fraction of sp³-hybridized carbons (Fsp3) is 0. The maximum absolute atomic E-state index is 5.71. The Morgan fingerprint density at radius 2 is 1.88 bits per heavy atom. The van der Waals surface area contributed by atoms with Crippen molar-refractivity contribution in [2.45, 2.75) is 0 Å². The van der Waals surface area contributed by atoms with E-state index in [0.717, 1.165) is 16.9 Å². The van der Waals surface area contributed by atoms with E-state index in [2.05, 4.69) is 10.4 Å². The van der Waals surface area contributed by atoms with Crippen LogP contribution in [0, 0.1) is 0 Å². The topological polar surface area (TPSA) is 26.0 Å². The molecule has 0 amide bonds. The summed E-state index contributed by atoms with van der Waals surface area (Å²) in [5.41, 5.74) is 2.09. The molecule has 78 valence electrons. The molecule has 0 atom stereocenters. The summed E-state index contributed by atoms with van der Waals surface area (Å²) < 4.78 is 5.71. The summed E-state index contributed by atoms with van der Waals surface area (Å²) in [6.45, 7) is 0. The second-order valence-electron chi connectivity index (χ2n) is 3.41. The van der Waals surface area contributed by atoms with Crippen molar-refractivity contribution >= 4 is 11.3 Å². The van der Waals surface area contributed by atoms with Gasteiger partial charge in [0.1, 0.15) is 0 Å². The molecule has 0 saturated carbocycles. The van der Waals surface area contributed by atoms with E-state index in [9.17, 15) is 0 Å². The van der Waals surface area contributed by atoms with E-state index >= 15 is 0 Å². The predicted octanol–water partition coefficient (Wildman–Crippen LogP) is 4.07. The second-order valence-corrected chi connectivity index (χ2v) is 4.19. The smallest absolute Gasteiger partial charge is 0.226 e. The zero-order chi connectivity index (χ0) is 10.8. The Hall–Kier alpha value is -1.87. The summed E-state index contributed by atoms with van der Waals surface area (Å²) in [6.07, 6.45) is 1.77. The van der Waals surface area contributed by atoms with Gasteiger partial charge in [-0.25, -0.2) is 4.98 Å². The number of thiophene rings is 1. The molecule has 0 saturated heterocycles. The van der Waals surface area contributed by atoms with Crippen molar-refractivity contribution in [2.75, 3.05) is 0 Å². The van der Waals surface area contributed by atoms with Gasteiger partial charge in [-0.2, -0.15) is 11.3 Å². The van der Waals surface area contributed by atoms with Crippen molar-refractivity contribution in [3.05, 3.63) is 53.4 Å². The average molecular weight is 227 g/mol. The lowest BCUT2D eigenvalue weighted by Crippen LogP contribution is -1.73. The molecule has 2 aromatic heterocycles. The van der Waals surface area contributed by atoms with Gasteiger partial charge >= 0.3 is 0 Å². The Morgan fingerprint density at radius 3 is 2.62 bits per heavy atom. The first-order chi connectivity index (χ1) is 7.93. The summed E-state index contributed by atoms with van der Waals surface area (Å²) in [6, 6.07) is 11.9. The Balaban J connectivity index is 2.00. The lowest BCUT2D eigenvalue weighted by molar-refractivity contribution is 0.589. The molecule has 2 heterocycles. The fourth-order valence-corrected chi connectivity index (χ4v) is 2.17. The molecule has 0 fully saturated rings. The molecule has 0 N–H and O–H groups in total. The van der Waals surface area contributed by atoms with E-state index in [1.54, 1.807) is 17.5 Å². The van der Waals surface area contributed by atoms with Crippen LogP contribution in [0.15, 0.2) is 57.8 Å². The van der Waals surface area contributed by atoms with Crippen LogP contribution in [0.4, 0.5) is 0 Å². The van der Waals surface area contributed by atoms with Crippen LogP contribution >= 0.6 is 11.3 Å². The first kappa shape index (κ1) is 9.36. The van der Waals surface area contributed by atoms with Crippen molar-refractivity contribution in [2.24, 2.45) is 0 Å². The van der Waals surface area contributed by atoms with Crippen LogP contribution in [-0.4, -0.2) is 4.98 Å². The highest BCUT2D eigenvalue weighted by Gasteiger charge is 2.07. The number of benzene rings is 1. The zero-order valence-corrected chi connectivity index (χ0v) is 9.28. The number of hydrogen-bond donors (Lipinski definition) is 0. The Morgan fingerprint density at radius 1 is 1.00 bits per heavy atom. The minimum absolute atomic E-state index is 0.668. The second kappa shape index (κ2) is 3.94. The van der Waals surface area contributed by atoms with Crippen LogP contribution in [0.2, 0.25) is 0 Å². The van der Waals surface area contributed by atoms with E-state index in [1.807, 2.05) is 41.8 Å². The molecular weight excluding hydrogens is 218 g/mol. The van der Waals surface area contributed by atoms with Gasteiger partial charge in [0, 0.05) is 16.5 Å². The summed E-state index contributed by atoms with van der Waals surface area (Å²) >= 11 is 1.65. The first-order valence-electron chi connectivity index (χ1n) is 4.97. The molecule has 0 aliphatic heterocycles. The number of aromatic nitrogens is 1. The maximum Gasteiger partial charge on any atom is 0.226 e. The molecule has 0 bridgehead atoms. The molecule has 16 heavy (non-hydrogen) atoms. The summed E-state index contributed by atoms with van der Waals surface area (Å²) in [5, 5.41) is 4.08. The van der Waals surface area contributed by atoms with Gasteiger partial charge in [0.2, 0.25) is 5.89 Å². The standard InChI is InChI=1S/C13H9NOS/c1-2-4-10(5-3-1)13-14-8-12(15-13)11-6-7-16-9-11/h1-9H. The highest BCUT2D eigenvalue weighted by Crippen LogP contribution is 2.26. The van der Waals surface area contributed by atoms with Crippen molar-refractivity contribution in [3.8, 4) is 22.8 Å². The third-order valence-electron chi connectivity index (χ3n) is 2.33. The minimum atomic E-state index is 0.668. The molecule has 2 nitrogen and oxygen atoms in total. The van der Waals surface area contributed by atoms with Gasteiger partial charge in [0.15, 0.2) is 5.76 Å². The highest BCUT2D eigenvalue weighted by atomic mass is 32.1. The van der Waals surface area contributed by atoms with E-state index in [1.165, 1.54) is 0 Å². The number of hydrogen-bond acceptors (Lipinski definition) is 3. The van der Waals surface area contributed by atoms with Gasteiger partial charge in [0.05, 0.1) is 6.20 Å². The first-order valence-corrected chi connectivity index (χ1v) is 5.91. The number of rotatable bonds is 2. The molecule has 3 heteroatoms. The number of nitrogens with zero attached hydrogens (tertiary/aromatic N) is 1. The fourth-order valence-electron chi connectivity index (χ4n) is 1.53. The van der Waals surface area contributed by atoms with Crippen molar-refractivity contribution in [1.82, 2.24) is 4.98 Å². The predicted molar refractivity (Wildman–Crippen MR) is 65.3 cm³/mol. The lowest BCUT2D eigenvalue weighted by atomic mass is 10.2. The monoisotopic (exact) mass is 227 g/mol. The molecule has 0 aliphatic rings. The zero-order valence-electron chi connectivity index (χ0n) is 8.46. The summed E-state index contributed by atoms with van der Waals surface area (Å²) in [7, 11) is 0. The molecule has 0 radical (unpaired) electrons. The van der Waals surface area contributed by atoms with Crippen LogP contribution < -0.4 is 0 Å². The Bertz CT molecular complexity index is 569. The van der Waals surface area contributed by atoms with Gasteiger partial charge < -0.3 is 4.42 Å². The average Bonchev–Trinajstić information content (AvgIpc) is 3.01. The molecule has 0 unspecified atom stereocenters. The maximum atomic E-state index is 5.71. The van der Waals surface area contributed by atoms with E-state index in [-0.39, 0.29) is 0 Å². The highest BCUT2D eigenvalue weighted by molar-refractivity contribution is 7.08. The molecule has 0 spiro atoms. The van der Waals surface area contributed by atoms with Crippen LogP contribution in [-0.2, 0) is 0 Å². The Labute approximate surface area is 97.2 Å². The molecule has 3 aromatic rings. The van der Waals surface area contributed by atoms with Gasteiger partial charge in [0.25, 0.3) is 0 Å². The lowest BCUT2D eigenvalue weighted by Gasteiger charge is -1.93. The van der Waals surface area contributed by atoms with Crippen LogP contribution in [0.5, 0.6) is 0 Å². The third kappa shape index (κ3) is 1.66. The molecule has 3 rings (SSSR count). The van der Waals surface area contributed by atoms with Crippen LogP contribution in [0.25, 0.3) is 22.8 Å². The van der Waals surface area contributed by atoms with Crippen LogP contribution in [0.1, 0.15) is 0 Å². The van der Waals surface area contributed by atoms with Gasteiger partial charge in [-0.15, -0.1) is 0 Å². The van der Waals surface area contributed by atoms with Gasteiger partial charge in [-0.1, -0.05) is 18.2 Å². The third-order valence-corrected chi connectivity index (χ3v) is 3.02. The SMILES string of the molecule is c1ccc(-c2ncc(-c3ccsc3)o2)cc1. The molecule has 0 aliphatic carbocycles. The van der Waals surface area contributed by atoms with Crippen LogP contribution in [0.3, 0.4) is 0 Å². The molecule has 1 aromatic carbocycles. The number of oxazole rings is 1. The Kier molecular flexibility index (Phi) is 2.31. The summed E-state index contributed by atoms with van der Waals surface area (Å²) in [4.78, 5) is 4.28. The molecular formula is C13H9NOS. The minimum Gasteiger partial charge on any atom is -0.436 e. The normalized spacial score (nSPS) is 10.5. The van der Waals surface area contributed by atoms with E-state index < -0.39 is 0 Å². The van der Waals surface area contributed by atoms with Crippen molar-refractivity contribution in [1.29, 1.82) is 0 Å². The van der Waals surface area contributed by atoms with E-state index in [4.69, 9.17) is 4.42 Å². The van der Waals surface area contributed by atoms with Gasteiger partial charge in [-0.05, 0) is 23.6 Å². The quantitative estimate of drug-likeness (QED) is 0.659. The largest absolute Gasteiger partial charge is 0.436 e. The van der Waals surface area contributed by atoms with Crippen molar-refractivity contribution in [3.63, 3.8) is 0 Å². The van der Waals surface area contributed by atoms with Gasteiger partial charge in [-0.3, -0.25) is 0 Å². The summed E-state index contributed by atoms with van der Waals surface area (Å²) in [5.74, 6) is 1.49.